The number of hydrogen-bond donors (Lipinski definition) is 1. The third-order valence-corrected chi connectivity index (χ3v) is 4.54. The fourth-order valence-electron chi connectivity index (χ4n) is 2.81. The Morgan fingerprint density at radius 2 is 2.21 bits per heavy atom. The van der Waals surface area contributed by atoms with Crippen molar-refractivity contribution in [2.24, 2.45) is 5.92 Å². The van der Waals surface area contributed by atoms with Crippen molar-refractivity contribution < 1.29 is 4.79 Å². The van der Waals surface area contributed by atoms with Gasteiger partial charge in [-0.3, -0.25) is 9.78 Å². The van der Waals surface area contributed by atoms with Crippen LogP contribution in [0.2, 0.25) is 0 Å². The van der Waals surface area contributed by atoms with Gasteiger partial charge in [-0.05, 0) is 56.7 Å². The van der Waals surface area contributed by atoms with Gasteiger partial charge in [0.2, 0.25) is 5.91 Å². The van der Waals surface area contributed by atoms with E-state index in [2.05, 4.69) is 56.0 Å². The van der Waals surface area contributed by atoms with Gasteiger partial charge in [-0.15, -0.1) is 0 Å². The number of amides is 1. The molecule has 2 rings (SSSR count). The molecule has 3 nitrogen and oxygen atoms in total. The summed E-state index contributed by atoms with van der Waals surface area (Å²) in [6, 6.07) is 2.00. The van der Waals surface area contributed by atoms with E-state index in [1.165, 1.54) is 0 Å². The van der Waals surface area contributed by atoms with Crippen molar-refractivity contribution in [2.75, 3.05) is 0 Å². The van der Waals surface area contributed by atoms with Gasteiger partial charge in [0.25, 0.3) is 0 Å². The molecule has 1 saturated heterocycles. The maximum absolute atomic E-state index is 11.6. The summed E-state index contributed by atoms with van der Waals surface area (Å²) >= 11 is 6.96. The lowest BCUT2D eigenvalue weighted by Gasteiger charge is -2.31. The first-order chi connectivity index (χ1) is 8.90. The predicted octanol–water partition coefficient (Wildman–Crippen LogP) is 3.84. The first-order valence-corrected chi connectivity index (χ1v) is 8.10. The predicted molar refractivity (Wildman–Crippen MR) is 82.9 cm³/mol. The number of halogens is 2. The number of nitrogens with one attached hydrogen (secondary N) is 1. The molecule has 1 amide bonds. The average molecular weight is 390 g/mol. The number of nitrogens with zero attached hydrogens (tertiary/aromatic N) is 1. The first kappa shape index (κ1) is 15.0. The Hall–Kier alpha value is -0.420. The summed E-state index contributed by atoms with van der Waals surface area (Å²) in [5, 5.41) is 3.18. The Morgan fingerprint density at radius 3 is 2.74 bits per heavy atom. The molecule has 0 aromatic carbocycles. The van der Waals surface area contributed by atoms with Crippen molar-refractivity contribution >= 4 is 37.8 Å². The number of rotatable bonds is 4. The van der Waals surface area contributed by atoms with E-state index in [-0.39, 0.29) is 11.4 Å². The molecule has 1 fully saturated rings. The zero-order chi connectivity index (χ0) is 14.0. The Balaban J connectivity index is 2.23. The molecule has 5 heteroatoms. The van der Waals surface area contributed by atoms with Crippen LogP contribution in [0.1, 0.15) is 38.8 Å². The maximum atomic E-state index is 11.6. The van der Waals surface area contributed by atoms with Gasteiger partial charge in [0.1, 0.15) is 0 Å². The molecule has 0 aliphatic carbocycles. The zero-order valence-electron chi connectivity index (χ0n) is 11.2. The molecule has 2 heterocycles. The van der Waals surface area contributed by atoms with Gasteiger partial charge >= 0.3 is 0 Å². The topological polar surface area (TPSA) is 42.0 Å². The Labute approximate surface area is 130 Å². The largest absolute Gasteiger partial charge is 0.350 e. The van der Waals surface area contributed by atoms with Crippen molar-refractivity contribution in [3.05, 3.63) is 26.9 Å². The highest BCUT2D eigenvalue weighted by Crippen LogP contribution is 2.33. The van der Waals surface area contributed by atoms with E-state index < -0.39 is 0 Å². The summed E-state index contributed by atoms with van der Waals surface area (Å²) < 4.78 is 1.95. The number of pyridine rings is 1. The lowest BCUT2D eigenvalue weighted by Crippen LogP contribution is -2.45. The lowest BCUT2D eigenvalue weighted by molar-refractivity contribution is -0.119. The molecule has 1 atom stereocenters. The molecule has 0 saturated carbocycles. The van der Waals surface area contributed by atoms with Crippen LogP contribution < -0.4 is 5.32 Å². The van der Waals surface area contributed by atoms with Crippen LogP contribution in [-0.2, 0) is 11.2 Å². The summed E-state index contributed by atoms with van der Waals surface area (Å²) in [5.41, 5.74) is 0.875. The van der Waals surface area contributed by atoms with Crippen molar-refractivity contribution in [1.82, 2.24) is 10.3 Å². The Morgan fingerprint density at radius 1 is 1.47 bits per heavy atom. The fourth-order valence-corrected chi connectivity index (χ4v) is 3.93. The van der Waals surface area contributed by atoms with E-state index >= 15 is 0 Å². The summed E-state index contributed by atoms with van der Waals surface area (Å²) in [4.78, 5) is 16.1. The highest BCUT2D eigenvalue weighted by Gasteiger charge is 2.38. The molecule has 1 aromatic heterocycles. The molecular weight excluding hydrogens is 372 g/mol. The van der Waals surface area contributed by atoms with E-state index in [4.69, 9.17) is 0 Å². The van der Waals surface area contributed by atoms with Gasteiger partial charge in [0.15, 0.2) is 0 Å². The van der Waals surface area contributed by atoms with Crippen LogP contribution >= 0.6 is 31.9 Å². The van der Waals surface area contributed by atoms with Crippen LogP contribution in [0.25, 0.3) is 0 Å². The lowest BCUT2D eigenvalue weighted by atomic mass is 9.83. The van der Waals surface area contributed by atoms with Crippen LogP contribution in [-0.4, -0.2) is 16.4 Å². The van der Waals surface area contributed by atoms with E-state index in [0.717, 1.165) is 33.9 Å². The van der Waals surface area contributed by atoms with Crippen molar-refractivity contribution in [3.63, 3.8) is 0 Å². The second kappa shape index (κ2) is 5.92. The van der Waals surface area contributed by atoms with E-state index in [9.17, 15) is 4.79 Å². The van der Waals surface area contributed by atoms with Crippen LogP contribution in [0.5, 0.6) is 0 Å². The monoisotopic (exact) mass is 388 g/mol. The van der Waals surface area contributed by atoms with E-state index in [1.54, 1.807) is 6.20 Å². The number of hydrogen-bond acceptors (Lipinski definition) is 2. The molecular formula is C14H18Br2N2O. The molecule has 104 valence electrons. The van der Waals surface area contributed by atoms with Gasteiger partial charge in [-0.2, -0.15) is 0 Å². The first-order valence-electron chi connectivity index (χ1n) is 6.51. The second-order valence-corrected chi connectivity index (χ2v) is 7.46. The highest BCUT2D eigenvalue weighted by molar-refractivity contribution is 9.11. The smallest absolute Gasteiger partial charge is 0.220 e. The molecule has 1 aromatic rings. The molecule has 19 heavy (non-hydrogen) atoms. The number of aromatic nitrogens is 1. The molecule has 0 radical (unpaired) electrons. The van der Waals surface area contributed by atoms with Crippen LogP contribution in [0.15, 0.2) is 21.2 Å². The van der Waals surface area contributed by atoms with Crippen LogP contribution in [0.3, 0.4) is 0 Å². The minimum Gasteiger partial charge on any atom is -0.350 e. The van der Waals surface area contributed by atoms with Crippen molar-refractivity contribution in [1.29, 1.82) is 0 Å². The Bertz CT molecular complexity index is 490. The van der Waals surface area contributed by atoms with Gasteiger partial charge < -0.3 is 5.32 Å². The molecule has 1 N–H and O–H groups in total. The molecule has 1 aliphatic rings. The normalized spacial score (nSPS) is 22.9. The summed E-state index contributed by atoms with van der Waals surface area (Å²) in [5.74, 6) is 0.710. The Kier molecular flexibility index (Phi) is 4.66. The summed E-state index contributed by atoms with van der Waals surface area (Å²) in [6.45, 7) is 4.38. The number of carbonyl (C=O) groups excluding carboxylic acids is 1. The van der Waals surface area contributed by atoms with Crippen LogP contribution in [0, 0.1) is 5.92 Å². The summed E-state index contributed by atoms with van der Waals surface area (Å²) in [6.07, 6.45) is 5.10. The third kappa shape index (κ3) is 3.78. The fraction of sp³-hybridized carbons (Fsp3) is 0.571. The van der Waals surface area contributed by atoms with Crippen molar-refractivity contribution in [3.8, 4) is 0 Å². The third-order valence-electron chi connectivity index (χ3n) is 3.42. The minimum atomic E-state index is -0.130. The molecule has 0 bridgehead atoms. The molecule has 0 spiro atoms. The van der Waals surface area contributed by atoms with Gasteiger partial charge in [0.05, 0.1) is 5.69 Å². The number of carbonyl (C=O) groups is 1. The van der Waals surface area contributed by atoms with Gasteiger partial charge in [0, 0.05) is 33.5 Å². The minimum absolute atomic E-state index is 0.130. The van der Waals surface area contributed by atoms with E-state index in [1.807, 2.05) is 6.07 Å². The standard InChI is InChI=1S/C14H18Br2N2O/c1-9(2)6-14(4-3-13(19)18-14)7-12-11(16)5-10(15)8-17-12/h5,8-9H,3-4,6-7H2,1-2H3,(H,18,19). The SMILES string of the molecule is CC(C)CC1(Cc2ncc(Br)cc2Br)CCC(=O)N1. The molecule has 1 unspecified atom stereocenters. The van der Waals surface area contributed by atoms with Gasteiger partial charge in [-0.25, -0.2) is 0 Å². The highest BCUT2D eigenvalue weighted by atomic mass is 79.9. The van der Waals surface area contributed by atoms with Crippen molar-refractivity contribution in [2.45, 2.75) is 45.1 Å². The molecule has 1 aliphatic heterocycles. The van der Waals surface area contributed by atoms with E-state index in [0.29, 0.717) is 12.3 Å². The maximum Gasteiger partial charge on any atom is 0.220 e. The quantitative estimate of drug-likeness (QED) is 0.849. The van der Waals surface area contributed by atoms with Gasteiger partial charge in [-0.1, -0.05) is 13.8 Å². The average Bonchev–Trinajstić information content (AvgIpc) is 2.63. The second-order valence-electron chi connectivity index (χ2n) is 5.69. The zero-order valence-corrected chi connectivity index (χ0v) is 14.3. The summed E-state index contributed by atoms with van der Waals surface area (Å²) in [7, 11) is 0. The van der Waals surface area contributed by atoms with Crippen LogP contribution in [0.4, 0.5) is 0 Å².